The number of alkyl halides is 6. The highest BCUT2D eigenvalue weighted by molar-refractivity contribution is 6.09. The summed E-state index contributed by atoms with van der Waals surface area (Å²) in [6.07, 6.45) is -11.4. The Kier molecular flexibility index (Phi) is 5.21. The van der Waals surface area contributed by atoms with Crippen molar-refractivity contribution < 1.29 is 40.7 Å². The molecule has 0 bridgehead atoms. The molecule has 1 aromatic carbocycles. The standard InChI is InChI=1S/C13H10F6O3/c1-2-22-10-5-7(3-4-8(10)12(14,15)16)9(20)6-11(21)13(17,18)19/h3-5H,2,6H2,1H3. The van der Waals surface area contributed by atoms with Gasteiger partial charge in [-0.05, 0) is 19.1 Å². The first-order chi connectivity index (χ1) is 9.96. The average Bonchev–Trinajstić information content (AvgIpc) is 2.36. The summed E-state index contributed by atoms with van der Waals surface area (Å²) in [6.45, 7) is 1.27. The van der Waals surface area contributed by atoms with Crippen LogP contribution in [0.25, 0.3) is 0 Å². The monoisotopic (exact) mass is 328 g/mol. The Labute approximate surface area is 120 Å². The normalized spacial score (nSPS) is 12.1. The van der Waals surface area contributed by atoms with Crippen molar-refractivity contribution in [2.75, 3.05) is 6.61 Å². The lowest BCUT2D eigenvalue weighted by Crippen LogP contribution is -2.25. The molecule has 0 fully saturated rings. The number of benzene rings is 1. The molecule has 0 saturated carbocycles. The molecule has 9 heteroatoms. The van der Waals surface area contributed by atoms with Crippen molar-refractivity contribution in [2.45, 2.75) is 25.7 Å². The van der Waals surface area contributed by atoms with E-state index in [1.807, 2.05) is 0 Å². The number of halogens is 6. The van der Waals surface area contributed by atoms with Crippen LogP contribution in [0.2, 0.25) is 0 Å². The zero-order valence-corrected chi connectivity index (χ0v) is 11.1. The smallest absolute Gasteiger partial charge is 0.450 e. The zero-order chi connectivity index (χ0) is 17.1. The molecule has 22 heavy (non-hydrogen) atoms. The highest BCUT2D eigenvalue weighted by atomic mass is 19.4. The lowest BCUT2D eigenvalue weighted by molar-refractivity contribution is -0.170. The highest BCUT2D eigenvalue weighted by Gasteiger charge is 2.39. The molecule has 0 saturated heterocycles. The number of rotatable bonds is 5. The third-order valence-electron chi connectivity index (χ3n) is 2.55. The average molecular weight is 328 g/mol. The summed E-state index contributed by atoms with van der Waals surface area (Å²) in [6, 6.07) is 1.91. The van der Waals surface area contributed by atoms with Gasteiger partial charge in [-0.2, -0.15) is 26.3 Å². The summed E-state index contributed by atoms with van der Waals surface area (Å²) < 4.78 is 79.1. The Hall–Kier alpha value is -2.06. The van der Waals surface area contributed by atoms with Crippen LogP contribution in [-0.4, -0.2) is 24.3 Å². The van der Waals surface area contributed by atoms with Gasteiger partial charge in [-0.25, -0.2) is 0 Å². The van der Waals surface area contributed by atoms with Crippen molar-refractivity contribution >= 4 is 11.6 Å². The molecule has 0 aliphatic rings. The molecule has 1 rings (SSSR count). The minimum absolute atomic E-state index is 0.137. The zero-order valence-electron chi connectivity index (χ0n) is 11.1. The Balaban J connectivity index is 3.09. The fourth-order valence-corrected chi connectivity index (χ4v) is 1.55. The molecule has 0 heterocycles. The summed E-state index contributed by atoms with van der Waals surface area (Å²) in [5.41, 5.74) is -1.62. The molecule has 1 aromatic rings. The van der Waals surface area contributed by atoms with E-state index in [4.69, 9.17) is 4.74 Å². The third kappa shape index (κ3) is 4.47. The maximum Gasteiger partial charge on any atom is 0.450 e. The summed E-state index contributed by atoms with van der Waals surface area (Å²) in [5, 5.41) is 0. The van der Waals surface area contributed by atoms with Gasteiger partial charge in [-0.3, -0.25) is 9.59 Å². The van der Waals surface area contributed by atoms with Gasteiger partial charge < -0.3 is 4.74 Å². The fourth-order valence-electron chi connectivity index (χ4n) is 1.55. The minimum Gasteiger partial charge on any atom is -0.493 e. The van der Waals surface area contributed by atoms with Crippen molar-refractivity contribution in [3.63, 3.8) is 0 Å². The van der Waals surface area contributed by atoms with E-state index in [0.29, 0.717) is 18.2 Å². The van der Waals surface area contributed by atoms with Gasteiger partial charge >= 0.3 is 12.4 Å². The number of hydrogen-bond acceptors (Lipinski definition) is 3. The summed E-state index contributed by atoms with van der Waals surface area (Å²) in [5.74, 6) is -4.19. The molecule has 0 atom stereocenters. The molecule has 3 nitrogen and oxygen atoms in total. The van der Waals surface area contributed by atoms with Crippen LogP contribution in [0.1, 0.15) is 29.3 Å². The molecule has 0 radical (unpaired) electrons. The van der Waals surface area contributed by atoms with Gasteiger partial charge in [0.05, 0.1) is 18.6 Å². The van der Waals surface area contributed by atoms with E-state index in [9.17, 15) is 35.9 Å². The van der Waals surface area contributed by atoms with Gasteiger partial charge in [0.15, 0.2) is 5.78 Å². The van der Waals surface area contributed by atoms with Crippen LogP contribution >= 0.6 is 0 Å². The van der Waals surface area contributed by atoms with Gasteiger partial charge in [-0.15, -0.1) is 0 Å². The van der Waals surface area contributed by atoms with E-state index in [-0.39, 0.29) is 6.61 Å². The van der Waals surface area contributed by atoms with Crippen LogP contribution in [-0.2, 0) is 11.0 Å². The van der Waals surface area contributed by atoms with Crippen LogP contribution in [0.3, 0.4) is 0 Å². The second-order valence-electron chi connectivity index (χ2n) is 4.16. The van der Waals surface area contributed by atoms with E-state index in [1.54, 1.807) is 0 Å². The van der Waals surface area contributed by atoms with Gasteiger partial charge in [0.1, 0.15) is 5.75 Å². The molecule has 0 aromatic heterocycles. The molecule has 122 valence electrons. The number of Topliss-reactive ketones (excluding diaryl/α,β-unsaturated/α-hetero) is 2. The van der Waals surface area contributed by atoms with Gasteiger partial charge in [0.25, 0.3) is 0 Å². The van der Waals surface area contributed by atoms with Crippen LogP contribution in [0.15, 0.2) is 18.2 Å². The second kappa shape index (κ2) is 6.37. The highest BCUT2D eigenvalue weighted by Crippen LogP contribution is 2.37. The molecule has 0 spiro atoms. The van der Waals surface area contributed by atoms with E-state index in [0.717, 1.165) is 0 Å². The molecule has 0 unspecified atom stereocenters. The first kappa shape index (κ1) is 18.0. The van der Waals surface area contributed by atoms with E-state index in [1.165, 1.54) is 6.92 Å². The van der Waals surface area contributed by atoms with Crippen molar-refractivity contribution in [1.29, 1.82) is 0 Å². The number of carbonyl (C=O) groups excluding carboxylic acids is 2. The number of ether oxygens (including phenoxy) is 1. The fraction of sp³-hybridized carbons (Fsp3) is 0.385. The Morgan fingerprint density at radius 3 is 2.14 bits per heavy atom. The quantitative estimate of drug-likeness (QED) is 0.469. The van der Waals surface area contributed by atoms with E-state index >= 15 is 0 Å². The van der Waals surface area contributed by atoms with Gasteiger partial charge in [0.2, 0.25) is 5.78 Å². The lowest BCUT2D eigenvalue weighted by Gasteiger charge is -2.14. The van der Waals surface area contributed by atoms with Crippen molar-refractivity contribution in [1.82, 2.24) is 0 Å². The maximum absolute atomic E-state index is 12.7. The maximum atomic E-state index is 12.7. The molecule has 0 amide bonds. The van der Waals surface area contributed by atoms with Crippen LogP contribution in [0.5, 0.6) is 5.75 Å². The van der Waals surface area contributed by atoms with Crippen LogP contribution in [0.4, 0.5) is 26.3 Å². The summed E-state index contributed by atoms with van der Waals surface area (Å²) >= 11 is 0. The SMILES string of the molecule is CCOc1cc(C(=O)CC(=O)C(F)(F)F)ccc1C(F)(F)F. The summed E-state index contributed by atoms with van der Waals surface area (Å²) in [4.78, 5) is 22.3. The van der Waals surface area contributed by atoms with Crippen molar-refractivity contribution in [3.05, 3.63) is 29.3 Å². The molecule has 0 aliphatic carbocycles. The third-order valence-corrected chi connectivity index (χ3v) is 2.55. The lowest BCUT2D eigenvalue weighted by atomic mass is 10.0. The van der Waals surface area contributed by atoms with Crippen molar-refractivity contribution in [2.24, 2.45) is 0 Å². The first-order valence-corrected chi connectivity index (χ1v) is 5.94. The van der Waals surface area contributed by atoms with Gasteiger partial charge in [0, 0.05) is 5.56 Å². The van der Waals surface area contributed by atoms with Crippen LogP contribution in [0, 0.1) is 0 Å². The second-order valence-corrected chi connectivity index (χ2v) is 4.16. The largest absolute Gasteiger partial charge is 0.493 e. The topological polar surface area (TPSA) is 43.4 Å². The molecule has 0 aliphatic heterocycles. The Morgan fingerprint density at radius 2 is 1.68 bits per heavy atom. The van der Waals surface area contributed by atoms with Gasteiger partial charge in [-0.1, -0.05) is 6.07 Å². The Morgan fingerprint density at radius 1 is 1.09 bits per heavy atom. The van der Waals surface area contributed by atoms with E-state index < -0.39 is 47.2 Å². The molecular formula is C13H10F6O3. The van der Waals surface area contributed by atoms with Crippen LogP contribution < -0.4 is 4.74 Å². The first-order valence-electron chi connectivity index (χ1n) is 5.94. The molecule has 0 N–H and O–H groups in total. The Bertz CT molecular complexity index is 574. The van der Waals surface area contributed by atoms with E-state index in [2.05, 4.69) is 0 Å². The number of carbonyl (C=O) groups is 2. The predicted octanol–water partition coefficient (Wildman–Crippen LogP) is 3.81. The molecular weight excluding hydrogens is 318 g/mol. The number of ketones is 2. The summed E-state index contributed by atoms with van der Waals surface area (Å²) in [7, 11) is 0. The van der Waals surface area contributed by atoms with Crippen molar-refractivity contribution in [3.8, 4) is 5.75 Å². The minimum atomic E-state index is -5.18. The predicted molar refractivity (Wildman–Crippen MR) is 62.6 cm³/mol. The number of hydrogen-bond donors (Lipinski definition) is 0.